The maximum atomic E-state index is 13.3. The van der Waals surface area contributed by atoms with E-state index in [1.165, 1.54) is 12.5 Å². The quantitative estimate of drug-likeness (QED) is 0.786. The average molecular weight is 236 g/mol. The molecule has 0 bridgehead atoms. The van der Waals surface area contributed by atoms with Gasteiger partial charge in [0.05, 0.1) is 5.60 Å². The van der Waals surface area contributed by atoms with Gasteiger partial charge in [0, 0.05) is 0 Å². The first kappa shape index (κ1) is 12.6. The highest BCUT2D eigenvalue weighted by atomic mass is 19.1. The molecule has 0 aromatic heterocycles. The van der Waals surface area contributed by atoms with Crippen LogP contribution in [0.5, 0.6) is 0 Å². The third-order valence-electron chi connectivity index (χ3n) is 4.48. The van der Waals surface area contributed by atoms with Crippen molar-refractivity contribution in [3.8, 4) is 0 Å². The summed E-state index contributed by atoms with van der Waals surface area (Å²) >= 11 is 0. The molecule has 1 aliphatic rings. The fourth-order valence-electron chi connectivity index (χ4n) is 2.96. The van der Waals surface area contributed by atoms with Crippen LogP contribution in [0.25, 0.3) is 0 Å². The Bertz CT molecular complexity index is 415. The van der Waals surface area contributed by atoms with E-state index < -0.39 is 5.60 Å². The fraction of sp³-hybridized carbons (Fsp3) is 0.600. The minimum Gasteiger partial charge on any atom is -0.385 e. The van der Waals surface area contributed by atoms with Crippen molar-refractivity contribution in [1.82, 2.24) is 0 Å². The molecule has 2 rings (SSSR count). The predicted molar refractivity (Wildman–Crippen MR) is 67.2 cm³/mol. The first-order valence-corrected chi connectivity index (χ1v) is 6.44. The Kier molecular flexibility index (Phi) is 3.26. The van der Waals surface area contributed by atoms with E-state index in [1.54, 1.807) is 19.1 Å². The summed E-state index contributed by atoms with van der Waals surface area (Å²) in [6.07, 6.45) is 2.99. The van der Waals surface area contributed by atoms with E-state index in [9.17, 15) is 9.50 Å². The Balaban J connectivity index is 2.39. The lowest BCUT2D eigenvalue weighted by Crippen LogP contribution is -2.40. The molecule has 1 aromatic rings. The molecule has 0 heterocycles. The van der Waals surface area contributed by atoms with Crippen LogP contribution < -0.4 is 0 Å². The van der Waals surface area contributed by atoms with Gasteiger partial charge < -0.3 is 5.11 Å². The SMILES string of the molecule is Cc1cc(C2(O)CCCC(C)C2C)ccc1F. The van der Waals surface area contributed by atoms with Crippen LogP contribution in [0.3, 0.4) is 0 Å². The van der Waals surface area contributed by atoms with Crippen molar-refractivity contribution in [3.63, 3.8) is 0 Å². The van der Waals surface area contributed by atoms with Gasteiger partial charge in [-0.25, -0.2) is 4.39 Å². The molecule has 1 N–H and O–H groups in total. The molecular weight excluding hydrogens is 215 g/mol. The molecule has 94 valence electrons. The van der Waals surface area contributed by atoms with Crippen LogP contribution in [0.1, 0.15) is 44.2 Å². The summed E-state index contributed by atoms with van der Waals surface area (Å²) in [6, 6.07) is 5.00. The molecule has 3 atom stereocenters. The van der Waals surface area contributed by atoms with Gasteiger partial charge in [0.1, 0.15) is 5.82 Å². The molecule has 2 heteroatoms. The third kappa shape index (κ3) is 2.11. The number of hydrogen-bond acceptors (Lipinski definition) is 1. The van der Waals surface area contributed by atoms with Gasteiger partial charge in [-0.1, -0.05) is 32.4 Å². The lowest BCUT2D eigenvalue weighted by Gasteiger charge is -2.42. The van der Waals surface area contributed by atoms with Crippen molar-refractivity contribution in [2.75, 3.05) is 0 Å². The summed E-state index contributed by atoms with van der Waals surface area (Å²) in [5.74, 6) is 0.536. The van der Waals surface area contributed by atoms with Gasteiger partial charge in [0.25, 0.3) is 0 Å². The monoisotopic (exact) mass is 236 g/mol. The summed E-state index contributed by atoms with van der Waals surface area (Å²) in [5, 5.41) is 10.9. The number of halogens is 1. The summed E-state index contributed by atoms with van der Waals surface area (Å²) in [4.78, 5) is 0. The van der Waals surface area contributed by atoms with E-state index in [0.717, 1.165) is 18.4 Å². The van der Waals surface area contributed by atoms with Crippen molar-refractivity contribution in [3.05, 3.63) is 35.1 Å². The van der Waals surface area contributed by atoms with Crippen molar-refractivity contribution in [2.45, 2.75) is 45.6 Å². The van der Waals surface area contributed by atoms with E-state index >= 15 is 0 Å². The molecule has 1 saturated carbocycles. The molecule has 17 heavy (non-hydrogen) atoms. The summed E-state index contributed by atoms with van der Waals surface area (Å²) in [6.45, 7) is 6.03. The van der Waals surface area contributed by atoms with Crippen molar-refractivity contribution in [1.29, 1.82) is 0 Å². The van der Waals surface area contributed by atoms with Gasteiger partial charge in [-0.15, -0.1) is 0 Å². The highest BCUT2D eigenvalue weighted by molar-refractivity contribution is 5.29. The predicted octanol–water partition coefficient (Wildman–Crippen LogP) is 3.78. The normalized spacial score (nSPS) is 33.7. The van der Waals surface area contributed by atoms with Gasteiger partial charge in [-0.05, 0) is 48.8 Å². The average Bonchev–Trinajstić information content (AvgIpc) is 2.29. The second-order valence-corrected chi connectivity index (χ2v) is 5.55. The summed E-state index contributed by atoms with van der Waals surface area (Å²) in [7, 11) is 0. The Morgan fingerprint density at radius 1 is 1.35 bits per heavy atom. The molecule has 1 aromatic carbocycles. The molecule has 1 fully saturated rings. The minimum atomic E-state index is -0.782. The molecule has 0 radical (unpaired) electrons. The van der Waals surface area contributed by atoms with Crippen molar-refractivity contribution in [2.24, 2.45) is 11.8 Å². The van der Waals surface area contributed by atoms with Gasteiger partial charge in [0.2, 0.25) is 0 Å². The highest BCUT2D eigenvalue weighted by Gasteiger charge is 2.41. The van der Waals surface area contributed by atoms with Crippen molar-refractivity contribution >= 4 is 0 Å². The largest absolute Gasteiger partial charge is 0.385 e. The zero-order valence-corrected chi connectivity index (χ0v) is 10.8. The summed E-state index contributed by atoms with van der Waals surface area (Å²) in [5.41, 5.74) is 0.702. The van der Waals surface area contributed by atoms with Crippen LogP contribution in [0.15, 0.2) is 18.2 Å². The Morgan fingerprint density at radius 2 is 2.06 bits per heavy atom. The number of aryl methyl sites for hydroxylation is 1. The maximum Gasteiger partial charge on any atom is 0.126 e. The Hall–Kier alpha value is -0.890. The first-order valence-electron chi connectivity index (χ1n) is 6.44. The molecule has 0 amide bonds. The number of rotatable bonds is 1. The van der Waals surface area contributed by atoms with Crippen molar-refractivity contribution < 1.29 is 9.50 Å². The van der Waals surface area contributed by atoms with Crippen LogP contribution in [0.2, 0.25) is 0 Å². The first-order chi connectivity index (χ1) is 7.95. The van der Waals surface area contributed by atoms with E-state index in [1.807, 2.05) is 0 Å². The number of aliphatic hydroxyl groups is 1. The van der Waals surface area contributed by atoms with Gasteiger partial charge >= 0.3 is 0 Å². The molecule has 1 nitrogen and oxygen atoms in total. The van der Waals surface area contributed by atoms with Gasteiger partial charge in [0.15, 0.2) is 0 Å². The van der Waals surface area contributed by atoms with Crippen LogP contribution in [0.4, 0.5) is 4.39 Å². The third-order valence-corrected chi connectivity index (χ3v) is 4.48. The molecule has 0 saturated heterocycles. The Labute approximate surface area is 103 Å². The van der Waals surface area contributed by atoms with Crippen LogP contribution in [0, 0.1) is 24.6 Å². The standard InChI is InChI=1S/C15H21FO/c1-10-5-4-8-15(17,12(10)3)13-6-7-14(16)11(2)9-13/h6-7,9-10,12,17H,4-5,8H2,1-3H3. The van der Waals surface area contributed by atoms with Crippen LogP contribution >= 0.6 is 0 Å². The lowest BCUT2D eigenvalue weighted by atomic mass is 9.67. The molecule has 1 aliphatic carbocycles. The van der Waals surface area contributed by atoms with Crippen LogP contribution in [-0.4, -0.2) is 5.11 Å². The van der Waals surface area contributed by atoms with E-state index in [0.29, 0.717) is 11.5 Å². The lowest BCUT2D eigenvalue weighted by molar-refractivity contribution is -0.0689. The summed E-state index contributed by atoms with van der Waals surface area (Å²) < 4.78 is 13.3. The maximum absolute atomic E-state index is 13.3. The Morgan fingerprint density at radius 3 is 2.71 bits per heavy atom. The molecular formula is C15H21FO. The van der Waals surface area contributed by atoms with E-state index in [4.69, 9.17) is 0 Å². The number of benzene rings is 1. The van der Waals surface area contributed by atoms with E-state index in [2.05, 4.69) is 13.8 Å². The van der Waals surface area contributed by atoms with Gasteiger partial charge in [-0.3, -0.25) is 0 Å². The second kappa shape index (κ2) is 4.41. The zero-order chi connectivity index (χ0) is 12.6. The second-order valence-electron chi connectivity index (χ2n) is 5.55. The van der Waals surface area contributed by atoms with Gasteiger partial charge in [-0.2, -0.15) is 0 Å². The topological polar surface area (TPSA) is 20.2 Å². The zero-order valence-electron chi connectivity index (χ0n) is 10.8. The fourth-order valence-corrected chi connectivity index (χ4v) is 2.96. The molecule has 0 aliphatic heterocycles. The molecule has 0 spiro atoms. The van der Waals surface area contributed by atoms with Crippen LogP contribution in [-0.2, 0) is 5.60 Å². The highest BCUT2D eigenvalue weighted by Crippen LogP contribution is 2.44. The molecule has 3 unspecified atom stereocenters. The minimum absolute atomic E-state index is 0.200. The van der Waals surface area contributed by atoms with E-state index in [-0.39, 0.29) is 11.7 Å². The number of hydrogen-bond donors (Lipinski definition) is 1. The smallest absolute Gasteiger partial charge is 0.126 e.